The molecule has 5 nitrogen and oxygen atoms in total. The zero-order chi connectivity index (χ0) is 20.9. The van der Waals surface area contributed by atoms with Crippen LogP contribution in [0.15, 0.2) is 24.3 Å². The first-order valence-electron chi connectivity index (χ1n) is 11.8. The van der Waals surface area contributed by atoms with Gasteiger partial charge >= 0.3 is 5.97 Å². The molecule has 1 N–H and O–H groups in total. The predicted octanol–water partition coefficient (Wildman–Crippen LogP) is 4.02. The van der Waals surface area contributed by atoms with Crippen LogP contribution in [0.2, 0.25) is 0 Å². The van der Waals surface area contributed by atoms with E-state index in [1.54, 1.807) is 0 Å². The molecule has 1 amide bonds. The van der Waals surface area contributed by atoms with E-state index >= 15 is 0 Å². The second-order valence-corrected chi connectivity index (χ2v) is 10.2. The summed E-state index contributed by atoms with van der Waals surface area (Å²) in [5.41, 5.74) is 2.53. The van der Waals surface area contributed by atoms with Crippen LogP contribution >= 0.6 is 0 Å². The van der Waals surface area contributed by atoms with Crippen LogP contribution in [-0.2, 0) is 9.53 Å². The van der Waals surface area contributed by atoms with Gasteiger partial charge in [-0.3, -0.25) is 9.59 Å². The number of piperidine rings is 1. The Morgan fingerprint density at radius 3 is 2.57 bits per heavy atom. The van der Waals surface area contributed by atoms with E-state index in [-0.39, 0.29) is 17.8 Å². The van der Waals surface area contributed by atoms with Crippen molar-refractivity contribution < 1.29 is 14.3 Å². The molecule has 0 radical (unpaired) electrons. The minimum atomic E-state index is -0.0633. The number of amides is 1. The van der Waals surface area contributed by atoms with Crippen LogP contribution < -0.4 is 10.2 Å². The summed E-state index contributed by atoms with van der Waals surface area (Å²) in [4.78, 5) is 27.1. The molecule has 2 bridgehead atoms. The Balaban J connectivity index is 1.16. The molecule has 1 aromatic carbocycles. The van der Waals surface area contributed by atoms with Gasteiger partial charge in [0.1, 0.15) is 0 Å². The van der Waals surface area contributed by atoms with Gasteiger partial charge in [-0.05, 0) is 92.9 Å². The van der Waals surface area contributed by atoms with Gasteiger partial charge in [-0.1, -0.05) is 6.92 Å². The molecule has 1 aliphatic heterocycles. The summed E-state index contributed by atoms with van der Waals surface area (Å²) >= 11 is 0. The minimum Gasteiger partial charge on any atom is -0.466 e. The number of fused-ring (bicyclic) bond motifs is 1. The highest BCUT2D eigenvalue weighted by Gasteiger charge is 2.64. The molecular formula is C25H34N2O3. The molecule has 4 fully saturated rings. The van der Waals surface area contributed by atoms with Crippen LogP contribution in [0.4, 0.5) is 5.69 Å². The number of rotatable bonds is 5. The molecule has 162 valence electrons. The van der Waals surface area contributed by atoms with E-state index < -0.39 is 0 Å². The van der Waals surface area contributed by atoms with Crippen LogP contribution in [0.25, 0.3) is 0 Å². The first kappa shape index (κ1) is 19.9. The summed E-state index contributed by atoms with van der Waals surface area (Å²) in [5, 5.41) is 3.38. The fourth-order valence-corrected chi connectivity index (χ4v) is 6.78. The summed E-state index contributed by atoms with van der Waals surface area (Å²) in [6.07, 6.45) is 7.02. The molecule has 0 aromatic heterocycles. The Bertz CT molecular complexity index is 814. The fraction of sp³-hybridized carbons (Fsp3) is 0.680. The number of hydrogen-bond acceptors (Lipinski definition) is 4. The Hall–Kier alpha value is -2.04. The Kier molecular flexibility index (Phi) is 5.03. The topological polar surface area (TPSA) is 58.6 Å². The molecule has 3 aliphatic carbocycles. The molecule has 1 saturated heterocycles. The highest BCUT2D eigenvalue weighted by atomic mass is 16.5. The number of anilines is 1. The van der Waals surface area contributed by atoms with Crippen LogP contribution in [0.3, 0.4) is 0 Å². The van der Waals surface area contributed by atoms with Gasteiger partial charge in [0.05, 0.1) is 12.5 Å². The number of nitrogens with one attached hydrogen (secondary N) is 1. The number of nitrogens with zero attached hydrogens (tertiary/aromatic N) is 1. The third kappa shape index (κ3) is 3.50. The van der Waals surface area contributed by atoms with Gasteiger partial charge in [-0.15, -0.1) is 0 Å². The molecule has 4 aliphatic rings. The maximum atomic E-state index is 12.9. The Morgan fingerprint density at radius 1 is 1.13 bits per heavy atom. The van der Waals surface area contributed by atoms with Crippen molar-refractivity contribution in [2.24, 2.45) is 29.1 Å². The maximum absolute atomic E-state index is 12.9. The Morgan fingerprint density at radius 2 is 1.87 bits per heavy atom. The highest BCUT2D eigenvalue weighted by molar-refractivity contribution is 5.94. The van der Waals surface area contributed by atoms with Crippen molar-refractivity contribution in [2.45, 2.75) is 58.4 Å². The minimum absolute atomic E-state index is 0.0181. The van der Waals surface area contributed by atoms with Gasteiger partial charge in [0.2, 0.25) is 0 Å². The second-order valence-electron chi connectivity index (χ2n) is 10.2. The van der Waals surface area contributed by atoms with Crippen LogP contribution in [0, 0.1) is 29.1 Å². The molecule has 1 spiro atoms. The maximum Gasteiger partial charge on any atom is 0.309 e. The molecule has 1 aromatic rings. The van der Waals surface area contributed by atoms with Crippen molar-refractivity contribution in [2.75, 3.05) is 24.6 Å². The van der Waals surface area contributed by atoms with Gasteiger partial charge in [0.15, 0.2) is 0 Å². The Labute approximate surface area is 179 Å². The van der Waals surface area contributed by atoms with E-state index in [1.807, 2.05) is 31.2 Å². The van der Waals surface area contributed by atoms with E-state index in [9.17, 15) is 9.59 Å². The third-order valence-electron chi connectivity index (χ3n) is 8.37. The van der Waals surface area contributed by atoms with Crippen LogP contribution in [0.5, 0.6) is 0 Å². The van der Waals surface area contributed by atoms with E-state index in [2.05, 4.69) is 17.1 Å². The van der Waals surface area contributed by atoms with Gasteiger partial charge in [-0.25, -0.2) is 0 Å². The van der Waals surface area contributed by atoms with Gasteiger partial charge in [-0.2, -0.15) is 0 Å². The van der Waals surface area contributed by atoms with E-state index in [4.69, 9.17) is 4.74 Å². The lowest BCUT2D eigenvalue weighted by atomic mass is 9.73. The summed E-state index contributed by atoms with van der Waals surface area (Å²) in [6, 6.07) is 8.32. The van der Waals surface area contributed by atoms with E-state index in [1.165, 1.54) is 25.7 Å². The number of benzene rings is 1. The second kappa shape index (κ2) is 7.58. The average Bonchev–Trinajstić information content (AvgIpc) is 3.31. The normalized spacial score (nSPS) is 34.9. The number of esters is 1. The lowest BCUT2D eigenvalue weighted by Gasteiger charge is -2.38. The first-order valence-corrected chi connectivity index (χ1v) is 11.8. The zero-order valence-electron chi connectivity index (χ0n) is 18.2. The zero-order valence-corrected chi connectivity index (χ0v) is 18.2. The van der Waals surface area contributed by atoms with Crippen molar-refractivity contribution in [3.8, 4) is 0 Å². The SMILES string of the molecule is CCOC(=O)C1CCN(c2ccc(C(=O)NC3C(C)CC45CC3CC4C5)cc2)CC1. The van der Waals surface area contributed by atoms with Gasteiger partial charge in [0.25, 0.3) is 5.91 Å². The van der Waals surface area contributed by atoms with Crippen molar-refractivity contribution in [1.82, 2.24) is 5.32 Å². The van der Waals surface area contributed by atoms with Crippen molar-refractivity contribution in [3.05, 3.63) is 29.8 Å². The molecule has 3 saturated carbocycles. The summed E-state index contributed by atoms with van der Waals surface area (Å²) in [5.74, 6) is 2.22. The standard InChI is InChI=1S/C25H34N2O3/c1-3-30-24(29)18-8-10-27(11-9-18)21-6-4-17(5-7-21)23(28)26-22-16(2)13-25-14-19(22)12-20(25)15-25/h4-7,16,18-20,22H,3,8-15H2,1-2H3,(H,26,28). The molecule has 30 heavy (non-hydrogen) atoms. The van der Waals surface area contributed by atoms with E-state index in [0.29, 0.717) is 29.9 Å². The van der Waals surface area contributed by atoms with Crippen molar-refractivity contribution >= 4 is 17.6 Å². The number of ether oxygens (including phenoxy) is 1. The highest BCUT2D eigenvalue weighted by Crippen LogP contribution is 2.71. The average molecular weight is 411 g/mol. The molecule has 5 atom stereocenters. The molecular weight excluding hydrogens is 376 g/mol. The third-order valence-corrected chi connectivity index (χ3v) is 8.37. The van der Waals surface area contributed by atoms with Crippen LogP contribution in [0.1, 0.15) is 62.7 Å². The predicted molar refractivity (Wildman–Crippen MR) is 116 cm³/mol. The molecule has 1 heterocycles. The molecule has 5 unspecified atom stereocenters. The van der Waals surface area contributed by atoms with Crippen molar-refractivity contribution in [3.63, 3.8) is 0 Å². The molecule has 5 heteroatoms. The summed E-state index contributed by atoms with van der Waals surface area (Å²) in [6.45, 7) is 6.32. The summed E-state index contributed by atoms with van der Waals surface area (Å²) < 4.78 is 5.16. The van der Waals surface area contributed by atoms with Gasteiger partial charge < -0.3 is 15.0 Å². The lowest BCUT2D eigenvalue weighted by Crippen LogP contribution is -2.47. The molecule has 5 rings (SSSR count). The lowest BCUT2D eigenvalue weighted by molar-refractivity contribution is -0.148. The number of carbonyl (C=O) groups is 2. The fourth-order valence-electron chi connectivity index (χ4n) is 6.78. The van der Waals surface area contributed by atoms with Gasteiger partial charge in [0, 0.05) is 30.4 Å². The monoisotopic (exact) mass is 410 g/mol. The largest absolute Gasteiger partial charge is 0.466 e. The van der Waals surface area contributed by atoms with Crippen LogP contribution in [-0.4, -0.2) is 37.6 Å². The summed E-state index contributed by atoms with van der Waals surface area (Å²) in [7, 11) is 0. The number of hydrogen-bond donors (Lipinski definition) is 1. The van der Waals surface area contributed by atoms with Crippen molar-refractivity contribution in [1.29, 1.82) is 0 Å². The number of carbonyl (C=O) groups excluding carboxylic acids is 2. The quantitative estimate of drug-likeness (QED) is 0.745. The van der Waals surface area contributed by atoms with E-state index in [0.717, 1.165) is 43.1 Å². The first-order chi connectivity index (χ1) is 14.5. The smallest absolute Gasteiger partial charge is 0.309 e.